The molecule has 0 aliphatic heterocycles. The second kappa shape index (κ2) is 4.42. The smallest absolute Gasteiger partial charge is 0.234 e. The SMILES string of the molecule is NCC(=O)NC1CCCCC1O. The normalized spacial score (nSPS) is 29.8. The molecule has 0 heterocycles. The summed E-state index contributed by atoms with van der Waals surface area (Å²) in [6.07, 6.45) is 3.40. The Kier molecular flexibility index (Phi) is 3.49. The van der Waals surface area contributed by atoms with Crippen LogP contribution in [-0.2, 0) is 4.79 Å². The van der Waals surface area contributed by atoms with Crippen LogP contribution in [0.3, 0.4) is 0 Å². The van der Waals surface area contributed by atoms with E-state index in [-0.39, 0.29) is 24.6 Å². The fourth-order valence-corrected chi connectivity index (χ4v) is 1.55. The number of amides is 1. The van der Waals surface area contributed by atoms with Gasteiger partial charge in [-0.3, -0.25) is 4.79 Å². The van der Waals surface area contributed by atoms with Gasteiger partial charge in [-0.25, -0.2) is 0 Å². The fraction of sp³-hybridized carbons (Fsp3) is 0.875. The number of nitrogens with one attached hydrogen (secondary N) is 1. The van der Waals surface area contributed by atoms with Crippen molar-refractivity contribution in [2.24, 2.45) is 5.73 Å². The van der Waals surface area contributed by atoms with Gasteiger partial charge in [0.2, 0.25) is 5.91 Å². The van der Waals surface area contributed by atoms with Gasteiger partial charge in [-0.15, -0.1) is 0 Å². The van der Waals surface area contributed by atoms with Gasteiger partial charge in [0.25, 0.3) is 0 Å². The van der Waals surface area contributed by atoms with Crippen LogP contribution in [0.2, 0.25) is 0 Å². The van der Waals surface area contributed by atoms with Gasteiger partial charge in [-0.05, 0) is 12.8 Å². The Morgan fingerprint density at radius 2 is 2.17 bits per heavy atom. The summed E-state index contributed by atoms with van der Waals surface area (Å²) < 4.78 is 0. The van der Waals surface area contributed by atoms with Gasteiger partial charge in [-0.2, -0.15) is 0 Å². The van der Waals surface area contributed by atoms with Gasteiger partial charge in [0, 0.05) is 0 Å². The number of carbonyl (C=O) groups is 1. The van der Waals surface area contributed by atoms with Crippen molar-refractivity contribution >= 4 is 5.91 Å². The standard InChI is InChI=1S/C8H16N2O2/c9-5-8(12)10-6-3-1-2-4-7(6)11/h6-7,11H,1-5,9H2,(H,10,12). The molecule has 0 saturated heterocycles. The van der Waals surface area contributed by atoms with E-state index in [9.17, 15) is 9.90 Å². The highest BCUT2D eigenvalue weighted by Crippen LogP contribution is 2.17. The van der Waals surface area contributed by atoms with Crippen LogP contribution in [-0.4, -0.2) is 29.7 Å². The van der Waals surface area contributed by atoms with Crippen molar-refractivity contribution in [1.29, 1.82) is 0 Å². The Balaban J connectivity index is 2.33. The Hall–Kier alpha value is -0.610. The molecule has 1 fully saturated rings. The molecule has 0 aromatic carbocycles. The zero-order chi connectivity index (χ0) is 8.97. The molecule has 4 nitrogen and oxygen atoms in total. The number of carbonyl (C=O) groups excluding carboxylic acids is 1. The molecule has 0 bridgehead atoms. The van der Waals surface area contributed by atoms with Gasteiger partial charge in [0.15, 0.2) is 0 Å². The summed E-state index contributed by atoms with van der Waals surface area (Å²) >= 11 is 0. The van der Waals surface area contributed by atoms with Crippen LogP contribution < -0.4 is 11.1 Å². The van der Waals surface area contributed by atoms with Crippen LogP contribution in [0.5, 0.6) is 0 Å². The average molecular weight is 172 g/mol. The van der Waals surface area contributed by atoms with Gasteiger partial charge < -0.3 is 16.2 Å². The first-order chi connectivity index (χ1) is 5.74. The molecule has 1 rings (SSSR count). The molecule has 0 spiro atoms. The highest BCUT2D eigenvalue weighted by Gasteiger charge is 2.23. The molecule has 1 aliphatic rings. The first-order valence-electron chi connectivity index (χ1n) is 4.41. The molecule has 2 atom stereocenters. The number of aliphatic hydroxyl groups excluding tert-OH is 1. The molecule has 2 unspecified atom stereocenters. The van der Waals surface area contributed by atoms with Crippen LogP contribution >= 0.6 is 0 Å². The van der Waals surface area contributed by atoms with Crippen molar-refractivity contribution in [3.8, 4) is 0 Å². The number of hydrogen-bond donors (Lipinski definition) is 3. The van der Waals surface area contributed by atoms with Crippen molar-refractivity contribution in [3.05, 3.63) is 0 Å². The van der Waals surface area contributed by atoms with Crippen molar-refractivity contribution in [2.45, 2.75) is 37.8 Å². The molecule has 0 aromatic heterocycles. The fourth-order valence-electron chi connectivity index (χ4n) is 1.55. The van der Waals surface area contributed by atoms with E-state index in [2.05, 4.69) is 5.32 Å². The highest BCUT2D eigenvalue weighted by atomic mass is 16.3. The Morgan fingerprint density at radius 1 is 1.50 bits per heavy atom. The molecule has 4 N–H and O–H groups in total. The molecule has 1 aliphatic carbocycles. The van der Waals surface area contributed by atoms with E-state index in [0.717, 1.165) is 25.7 Å². The van der Waals surface area contributed by atoms with Crippen molar-refractivity contribution in [1.82, 2.24) is 5.32 Å². The molecular weight excluding hydrogens is 156 g/mol. The third-order valence-corrected chi connectivity index (χ3v) is 2.26. The minimum Gasteiger partial charge on any atom is -0.391 e. The first-order valence-corrected chi connectivity index (χ1v) is 4.41. The van der Waals surface area contributed by atoms with E-state index in [1.165, 1.54) is 0 Å². The maximum atomic E-state index is 10.9. The second-order valence-corrected chi connectivity index (χ2v) is 3.23. The van der Waals surface area contributed by atoms with E-state index < -0.39 is 0 Å². The lowest BCUT2D eigenvalue weighted by molar-refractivity contribution is -0.121. The predicted molar refractivity (Wildman–Crippen MR) is 45.5 cm³/mol. The minimum absolute atomic E-state index is 0.00319. The Morgan fingerprint density at radius 3 is 2.75 bits per heavy atom. The van der Waals surface area contributed by atoms with E-state index >= 15 is 0 Å². The Labute approximate surface area is 72.1 Å². The molecule has 4 heteroatoms. The summed E-state index contributed by atoms with van der Waals surface area (Å²) in [6, 6.07) is -0.0743. The van der Waals surface area contributed by atoms with E-state index in [0.29, 0.717) is 0 Å². The van der Waals surface area contributed by atoms with E-state index in [4.69, 9.17) is 5.73 Å². The summed E-state index contributed by atoms with van der Waals surface area (Å²) in [4.78, 5) is 10.9. The molecule has 1 amide bonds. The van der Waals surface area contributed by atoms with Crippen LogP contribution in [0.1, 0.15) is 25.7 Å². The maximum absolute atomic E-state index is 10.9. The average Bonchev–Trinajstić information content (AvgIpc) is 2.09. The quantitative estimate of drug-likeness (QED) is 0.519. The topological polar surface area (TPSA) is 75.4 Å². The second-order valence-electron chi connectivity index (χ2n) is 3.23. The molecule has 0 radical (unpaired) electrons. The summed E-state index contributed by atoms with van der Waals surface area (Å²) in [5.41, 5.74) is 5.14. The van der Waals surface area contributed by atoms with Gasteiger partial charge in [0.1, 0.15) is 0 Å². The summed E-state index contributed by atoms with van der Waals surface area (Å²) in [5.74, 6) is -0.180. The number of nitrogens with two attached hydrogens (primary N) is 1. The molecule has 70 valence electrons. The van der Waals surface area contributed by atoms with E-state index in [1.807, 2.05) is 0 Å². The lowest BCUT2D eigenvalue weighted by Gasteiger charge is -2.28. The summed E-state index contributed by atoms with van der Waals surface area (Å²) in [5, 5.41) is 12.2. The maximum Gasteiger partial charge on any atom is 0.234 e. The van der Waals surface area contributed by atoms with Gasteiger partial charge in [-0.1, -0.05) is 12.8 Å². The molecular formula is C8H16N2O2. The highest BCUT2D eigenvalue weighted by molar-refractivity contribution is 5.78. The molecule has 1 saturated carbocycles. The largest absolute Gasteiger partial charge is 0.391 e. The number of aliphatic hydroxyl groups is 1. The third kappa shape index (κ3) is 2.46. The summed E-state index contributed by atoms with van der Waals surface area (Å²) in [6.45, 7) is 0.00319. The van der Waals surface area contributed by atoms with E-state index in [1.54, 1.807) is 0 Å². The van der Waals surface area contributed by atoms with Crippen molar-refractivity contribution in [3.63, 3.8) is 0 Å². The zero-order valence-electron chi connectivity index (χ0n) is 7.12. The number of rotatable bonds is 2. The van der Waals surface area contributed by atoms with Crippen LogP contribution in [0, 0.1) is 0 Å². The lowest BCUT2D eigenvalue weighted by atomic mass is 9.92. The third-order valence-electron chi connectivity index (χ3n) is 2.26. The van der Waals surface area contributed by atoms with Crippen molar-refractivity contribution < 1.29 is 9.90 Å². The van der Waals surface area contributed by atoms with Crippen LogP contribution in [0.4, 0.5) is 0 Å². The first kappa shape index (κ1) is 9.48. The Bertz CT molecular complexity index is 161. The molecule has 12 heavy (non-hydrogen) atoms. The predicted octanol–water partition coefficient (Wildman–Crippen LogP) is -0.635. The molecule has 0 aromatic rings. The van der Waals surface area contributed by atoms with Crippen LogP contribution in [0.15, 0.2) is 0 Å². The minimum atomic E-state index is -0.380. The zero-order valence-corrected chi connectivity index (χ0v) is 7.12. The summed E-state index contributed by atoms with van der Waals surface area (Å²) in [7, 11) is 0. The van der Waals surface area contributed by atoms with Crippen LogP contribution in [0.25, 0.3) is 0 Å². The van der Waals surface area contributed by atoms with Crippen molar-refractivity contribution in [2.75, 3.05) is 6.54 Å². The lowest BCUT2D eigenvalue weighted by Crippen LogP contribution is -2.47. The van der Waals surface area contributed by atoms with Gasteiger partial charge >= 0.3 is 0 Å². The monoisotopic (exact) mass is 172 g/mol. The number of hydrogen-bond acceptors (Lipinski definition) is 3. The van der Waals surface area contributed by atoms with Gasteiger partial charge in [0.05, 0.1) is 18.7 Å².